The van der Waals surface area contributed by atoms with Gasteiger partial charge in [-0.3, -0.25) is 9.59 Å². The number of amides is 1. The smallest absolute Gasteiger partial charge is 0.253 e. The fourth-order valence-corrected chi connectivity index (χ4v) is 4.71. The molecule has 36 heavy (non-hydrogen) atoms. The van der Waals surface area contributed by atoms with E-state index in [0.29, 0.717) is 27.1 Å². The first-order valence-corrected chi connectivity index (χ1v) is 12.4. The number of aromatic nitrogens is 2. The summed E-state index contributed by atoms with van der Waals surface area (Å²) >= 11 is 6.23. The highest BCUT2D eigenvalue weighted by Gasteiger charge is 2.16. The molecule has 1 aliphatic rings. The molecule has 0 atom stereocenters. The van der Waals surface area contributed by atoms with Crippen LogP contribution in [0, 0.1) is 0 Å². The van der Waals surface area contributed by atoms with Crippen molar-refractivity contribution >= 4 is 34.2 Å². The van der Waals surface area contributed by atoms with Crippen LogP contribution in [0.25, 0.3) is 16.6 Å². The van der Waals surface area contributed by atoms with Crippen molar-refractivity contribution in [2.24, 2.45) is 0 Å². The summed E-state index contributed by atoms with van der Waals surface area (Å²) in [6.07, 6.45) is 4.46. The van der Waals surface area contributed by atoms with Crippen molar-refractivity contribution in [3.8, 4) is 5.69 Å². The lowest BCUT2D eigenvalue weighted by atomic mass is 10.1. The fraction of sp³-hybridized carbons (Fsp3) is 0.250. The highest BCUT2D eigenvalue weighted by Crippen LogP contribution is 2.21. The number of nitrogens with one attached hydrogen (secondary N) is 1. The van der Waals surface area contributed by atoms with Gasteiger partial charge in [-0.1, -0.05) is 29.8 Å². The second-order valence-electron chi connectivity index (χ2n) is 9.08. The number of halogens is 1. The molecule has 1 N–H and O–H groups in total. The number of anilines is 1. The standard InChI is InChI=1S/C28H28ClN5O2/c1-32-12-5-13-33(15-14-32)26-11-8-20(17-30-26)28(36)31-18-21-19-34(23-6-3-2-4-7-23)25-16-22(29)9-10-24(25)27(21)35/h2-4,6-11,16-17,19H,5,12-15,18H2,1H3,(H,31,36). The zero-order chi connectivity index (χ0) is 25.1. The Balaban J connectivity index is 1.36. The normalized spacial score (nSPS) is 14.6. The van der Waals surface area contributed by atoms with Crippen molar-refractivity contribution < 1.29 is 4.79 Å². The molecule has 1 amide bonds. The van der Waals surface area contributed by atoms with Crippen molar-refractivity contribution in [2.45, 2.75) is 13.0 Å². The third-order valence-electron chi connectivity index (χ3n) is 6.57. The number of para-hydroxylation sites is 1. The first-order chi connectivity index (χ1) is 17.5. The van der Waals surface area contributed by atoms with Crippen LogP contribution < -0.4 is 15.6 Å². The van der Waals surface area contributed by atoms with Crippen LogP contribution in [0.3, 0.4) is 0 Å². The van der Waals surface area contributed by atoms with Gasteiger partial charge in [0.1, 0.15) is 5.82 Å². The van der Waals surface area contributed by atoms with E-state index >= 15 is 0 Å². The summed E-state index contributed by atoms with van der Waals surface area (Å²) in [6.45, 7) is 4.02. The molecular weight excluding hydrogens is 474 g/mol. The van der Waals surface area contributed by atoms with E-state index < -0.39 is 0 Å². The minimum atomic E-state index is -0.272. The minimum absolute atomic E-state index is 0.100. The molecule has 0 unspecified atom stereocenters. The maximum atomic E-state index is 13.2. The van der Waals surface area contributed by atoms with Crippen LogP contribution in [0.15, 0.2) is 77.9 Å². The zero-order valence-corrected chi connectivity index (χ0v) is 20.9. The number of likely N-dealkylation sites (N-methyl/N-ethyl adjacent to an activating group) is 1. The van der Waals surface area contributed by atoms with Crippen molar-refractivity contribution in [2.75, 3.05) is 38.1 Å². The minimum Gasteiger partial charge on any atom is -0.355 e. The number of carbonyl (C=O) groups excluding carboxylic acids is 1. The number of rotatable bonds is 5. The van der Waals surface area contributed by atoms with Gasteiger partial charge in [0, 0.05) is 60.2 Å². The van der Waals surface area contributed by atoms with Crippen molar-refractivity contribution in [1.82, 2.24) is 19.8 Å². The van der Waals surface area contributed by atoms with Gasteiger partial charge in [-0.15, -0.1) is 0 Å². The number of benzene rings is 2. The highest BCUT2D eigenvalue weighted by atomic mass is 35.5. The van der Waals surface area contributed by atoms with E-state index in [2.05, 4.69) is 27.1 Å². The number of hydrogen-bond acceptors (Lipinski definition) is 5. The van der Waals surface area contributed by atoms with Crippen molar-refractivity contribution in [3.05, 3.63) is 99.4 Å². The van der Waals surface area contributed by atoms with Crippen LogP contribution in [0.2, 0.25) is 5.02 Å². The molecule has 0 saturated carbocycles. The lowest BCUT2D eigenvalue weighted by Gasteiger charge is -2.21. The summed E-state index contributed by atoms with van der Waals surface area (Å²) in [5.41, 5.74) is 2.43. The zero-order valence-electron chi connectivity index (χ0n) is 20.2. The first kappa shape index (κ1) is 24.0. The maximum absolute atomic E-state index is 13.2. The van der Waals surface area contributed by atoms with E-state index in [4.69, 9.17) is 11.6 Å². The molecule has 3 heterocycles. The third kappa shape index (κ3) is 5.12. The van der Waals surface area contributed by atoms with E-state index in [1.165, 1.54) is 0 Å². The van der Waals surface area contributed by atoms with Crippen LogP contribution in [-0.4, -0.2) is 53.6 Å². The molecule has 8 heteroatoms. The number of fused-ring (bicyclic) bond motifs is 1. The Morgan fingerprint density at radius 2 is 1.86 bits per heavy atom. The van der Waals surface area contributed by atoms with Gasteiger partial charge in [0.25, 0.3) is 5.91 Å². The van der Waals surface area contributed by atoms with E-state index in [9.17, 15) is 9.59 Å². The van der Waals surface area contributed by atoms with Crippen molar-refractivity contribution in [3.63, 3.8) is 0 Å². The fourth-order valence-electron chi connectivity index (χ4n) is 4.54. The summed E-state index contributed by atoms with van der Waals surface area (Å²) in [4.78, 5) is 35.2. The van der Waals surface area contributed by atoms with Crippen molar-refractivity contribution in [1.29, 1.82) is 0 Å². The van der Waals surface area contributed by atoms with Crippen LogP contribution in [0.1, 0.15) is 22.3 Å². The first-order valence-electron chi connectivity index (χ1n) is 12.1. The molecule has 1 fully saturated rings. The van der Waals surface area contributed by atoms with Crippen LogP contribution in [0.4, 0.5) is 5.82 Å². The predicted octanol–water partition coefficient (Wildman–Crippen LogP) is 4.11. The number of nitrogens with zero attached hydrogens (tertiary/aromatic N) is 4. The van der Waals surface area contributed by atoms with Gasteiger partial charge in [-0.2, -0.15) is 0 Å². The molecule has 1 aliphatic heterocycles. The van der Waals surface area contributed by atoms with Crippen LogP contribution in [0.5, 0.6) is 0 Å². The van der Waals surface area contributed by atoms with E-state index in [1.54, 1.807) is 36.7 Å². The van der Waals surface area contributed by atoms with Gasteiger partial charge in [-0.25, -0.2) is 4.98 Å². The van der Waals surface area contributed by atoms with E-state index in [-0.39, 0.29) is 17.9 Å². The Morgan fingerprint density at radius 1 is 1.03 bits per heavy atom. The molecule has 7 nitrogen and oxygen atoms in total. The van der Waals surface area contributed by atoms with E-state index in [1.807, 2.05) is 41.0 Å². The highest BCUT2D eigenvalue weighted by molar-refractivity contribution is 6.31. The molecule has 0 radical (unpaired) electrons. The largest absolute Gasteiger partial charge is 0.355 e. The van der Waals surface area contributed by atoms with Crippen LogP contribution >= 0.6 is 11.6 Å². The molecule has 2 aromatic heterocycles. The van der Waals surface area contributed by atoms with Gasteiger partial charge in [-0.05, 0) is 62.5 Å². The summed E-state index contributed by atoms with van der Waals surface area (Å²) in [5.74, 6) is 0.604. The summed E-state index contributed by atoms with van der Waals surface area (Å²) in [5, 5.41) is 3.98. The van der Waals surface area contributed by atoms with Gasteiger partial charge < -0.3 is 19.7 Å². The monoisotopic (exact) mass is 501 g/mol. The number of hydrogen-bond donors (Lipinski definition) is 1. The predicted molar refractivity (Wildman–Crippen MR) is 144 cm³/mol. The summed E-state index contributed by atoms with van der Waals surface area (Å²) < 4.78 is 1.93. The Hall–Kier alpha value is -3.68. The molecule has 1 saturated heterocycles. The lowest BCUT2D eigenvalue weighted by Crippen LogP contribution is -2.30. The Morgan fingerprint density at radius 3 is 2.64 bits per heavy atom. The molecule has 2 aromatic carbocycles. The Labute approximate surface area is 214 Å². The van der Waals surface area contributed by atoms with E-state index in [0.717, 1.165) is 44.1 Å². The molecule has 0 bridgehead atoms. The maximum Gasteiger partial charge on any atom is 0.253 e. The number of pyridine rings is 2. The summed E-state index contributed by atoms with van der Waals surface area (Å²) in [7, 11) is 2.13. The SMILES string of the molecule is CN1CCCN(c2ccc(C(=O)NCc3cn(-c4ccccc4)c4cc(Cl)ccc4c3=O)cn2)CC1. The molecule has 0 aliphatic carbocycles. The average Bonchev–Trinajstić information content (AvgIpc) is 3.13. The summed E-state index contributed by atoms with van der Waals surface area (Å²) in [6, 6.07) is 18.6. The lowest BCUT2D eigenvalue weighted by molar-refractivity contribution is 0.0950. The Kier molecular flexibility index (Phi) is 7.02. The number of carbonyl (C=O) groups is 1. The van der Waals surface area contributed by atoms with Gasteiger partial charge in [0.15, 0.2) is 5.43 Å². The second-order valence-corrected chi connectivity index (χ2v) is 9.52. The van der Waals surface area contributed by atoms with Gasteiger partial charge >= 0.3 is 0 Å². The molecule has 4 aromatic rings. The molecule has 5 rings (SSSR count). The second kappa shape index (κ2) is 10.5. The molecular formula is C28H28ClN5O2. The molecule has 184 valence electrons. The third-order valence-corrected chi connectivity index (χ3v) is 6.80. The van der Waals surface area contributed by atoms with Gasteiger partial charge in [0.05, 0.1) is 11.1 Å². The molecule has 0 spiro atoms. The van der Waals surface area contributed by atoms with Gasteiger partial charge in [0.2, 0.25) is 0 Å². The van der Waals surface area contributed by atoms with Crippen LogP contribution in [-0.2, 0) is 6.54 Å². The quantitative estimate of drug-likeness (QED) is 0.445. The Bertz CT molecular complexity index is 1440. The topological polar surface area (TPSA) is 70.5 Å². The average molecular weight is 502 g/mol.